The Morgan fingerprint density at radius 3 is 2.36 bits per heavy atom. The topological polar surface area (TPSA) is 0 Å². The summed E-state index contributed by atoms with van der Waals surface area (Å²) in [6.07, 6.45) is 0. The zero-order valence-corrected chi connectivity index (χ0v) is 9.32. The quantitative estimate of drug-likeness (QED) is 0.655. The highest BCUT2D eigenvalue weighted by Gasteiger charge is 2.12. The molecule has 0 radical (unpaired) electrons. The second kappa shape index (κ2) is 3.95. The van der Waals surface area contributed by atoms with Gasteiger partial charge in [-0.05, 0) is 37.0 Å². The molecule has 1 aromatic rings. The van der Waals surface area contributed by atoms with Crippen molar-refractivity contribution < 1.29 is 4.39 Å². The van der Waals surface area contributed by atoms with Crippen LogP contribution in [0, 0.1) is 12.7 Å². The van der Waals surface area contributed by atoms with Crippen LogP contribution in [0.2, 0.25) is 0 Å². The molecule has 76 valence electrons. The number of allylic oxidation sites excluding steroid dienone is 1. The highest BCUT2D eigenvalue weighted by molar-refractivity contribution is 5.63. The van der Waals surface area contributed by atoms with Gasteiger partial charge in [0.2, 0.25) is 0 Å². The van der Waals surface area contributed by atoms with E-state index in [0.717, 1.165) is 16.7 Å². The average molecular weight is 192 g/mol. The minimum absolute atomic E-state index is 0.113. The Morgan fingerprint density at radius 2 is 1.93 bits per heavy atom. The van der Waals surface area contributed by atoms with Gasteiger partial charge in [0.15, 0.2) is 0 Å². The van der Waals surface area contributed by atoms with E-state index in [2.05, 4.69) is 6.58 Å². The van der Waals surface area contributed by atoms with Gasteiger partial charge in [-0.25, -0.2) is 4.39 Å². The predicted octanol–water partition coefficient (Wildman–Crippen LogP) is 4.29. The predicted molar refractivity (Wildman–Crippen MR) is 59.9 cm³/mol. The summed E-state index contributed by atoms with van der Waals surface area (Å²) in [5.41, 5.74) is 3.30. The van der Waals surface area contributed by atoms with Crippen molar-refractivity contribution in [2.24, 2.45) is 0 Å². The molecule has 1 heteroatoms. The molecule has 0 aliphatic rings. The van der Waals surface area contributed by atoms with Crippen LogP contribution in [0.1, 0.15) is 43.4 Å². The van der Waals surface area contributed by atoms with Gasteiger partial charge >= 0.3 is 0 Å². The van der Waals surface area contributed by atoms with E-state index >= 15 is 0 Å². The van der Waals surface area contributed by atoms with E-state index in [4.69, 9.17) is 0 Å². The van der Waals surface area contributed by atoms with Crippen LogP contribution >= 0.6 is 0 Å². The molecule has 0 atom stereocenters. The molecule has 0 saturated heterocycles. The monoisotopic (exact) mass is 192 g/mol. The molecule has 0 nitrogen and oxygen atoms in total. The second-order valence-corrected chi connectivity index (χ2v) is 4.15. The van der Waals surface area contributed by atoms with Crippen molar-refractivity contribution in [3.8, 4) is 0 Å². The first-order valence-corrected chi connectivity index (χ1v) is 4.89. The van der Waals surface area contributed by atoms with Crippen LogP contribution in [0.5, 0.6) is 0 Å². The molecule has 0 unspecified atom stereocenters. The third-order valence-corrected chi connectivity index (χ3v) is 2.33. The number of hydrogen-bond donors (Lipinski definition) is 0. The van der Waals surface area contributed by atoms with Gasteiger partial charge in [-0.3, -0.25) is 0 Å². The molecule has 0 aromatic heterocycles. The third-order valence-electron chi connectivity index (χ3n) is 2.33. The highest BCUT2D eigenvalue weighted by atomic mass is 19.1. The number of benzene rings is 1. The minimum Gasteiger partial charge on any atom is -0.206 e. The van der Waals surface area contributed by atoms with Crippen molar-refractivity contribution in [3.63, 3.8) is 0 Å². The van der Waals surface area contributed by atoms with Gasteiger partial charge in [0.1, 0.15) is 5.82 Å². The van der Waals surface area contributed by atoms with E-state index in [-0.39, 0.29) is 11.7 Å². The molecule has 0 bridgehead atoms. The molecular formula is C13H17F. The van der Waals surface area contributed by atoms with Crippen LogP contribution in [0.3, 0.4) is 0 Å². The van der Waals surface area contributed by atoms with E-state index in [1.165, 1.54) is 0 Å². The van der Waals surface area contributed by atoms with Crippen LogP contribution in [0.4, 0.5) is 4.39 Å². The van der Waals surface area contributed by atoms with Gasteiger partial charge in [-0.15, -0.1) is 0 Å². The SMILES string of the molecule is C=C(C)c1cc(C)cc(C(C)C)c1F. The summed E-state index contributed by atoms with van der Waals surface area (Å²) in [5.74, 6) is 0.103. The number of rotatable bonds is 2. The summed E-state index contributed by atoms with van der Waals surface area (Å²) in [4.78, 5) is 0. The van der Waals surface area contributed by atoms with Crippen molar-refractivity contribution in [2.45, 2.75) is 33.6 Å². The molecule has 1 aromatic carbocycles. The molecule has 0 spiro atoms. The Kier molecular flexibility index (Phi) is 3.10. The summed E-state index contributed by atoms with van der Waals surface area (Å²) in [6.45, 7) is 11.6. The number of halogens is 1. The maximum absolute atomic E-state index is 13.9. The molecule has 0 amide bonds. The molecule has 0 fully saturated rings. The van der Waals surface area contributed by atoms with Gasteiger partial charge < -0.3 is 0 Å². The van der Waals surface area contributed by atoms with Crippen molar-refractivity contribution in [2.75, 3.05) is 0 Å². The Balaban J connectivity index is 3.40. The molecule has 14 heavy (non-hydrogen) atoms. The lowest BCUT2D eigenvalue weighted by Crippen LogP contribution is -1.98. The second-order valence-electron chi connectivity index (χ2n) is 4.15. The summed E-state index contributed by atoms with van der Waals surface area (Å²) in [7, 11) is 0. The zero-order valence-electron chi connectivity index (χ0n) is 9.32. The fourth-order valence-corrected chi connectivity index (χ4v) is 1.53. The van der Waals surface area contributed by atoms with Crippen molar-refractivity contribution in [3.05, 3.63) is 41.2 Å². The van der Waals surface area contributed by atoms with E-state index in [0.29, 0.717) is 5.56 Å². The first-order chi connectivity index (χ1) is 6.43. The lowest BCUT2D eigenvalue weighted by molar-refractivity contribution is 0.594. The maximum atomic E-state index is 13.9. The summed E-state index contributed by atoms with van der Waals surface area (Å²) in [5, 5.41) is 0. The van der Waals surface area contributed by atoms with E-state index in [1.807, 2.05) is 39.8 Å². The van der Waals surface area contributed by atoms with Crippen molar-refractivity contribution in [1.29, 1.82) is 0 Å². The summed E-state index contributed by atoms with van der Waals surface area (Å²) < 4.78 is 13.9. The van der Waals surface area contributed by atoms with E-state index in [1.54, 1.807) is 0 Å². The van der Waals surface area contributed by atoms with Crippen LogP contribution < -0.4 is 0 Å². The van der Waals surface area contributed by atoms with E-state index < -0.39 is 0 Å². The summed E-state index contributed by atoms with van der Waals surface area (Å²) >= 11 is 0. The lowest BCUT2D eigenvalue weighted by Gasteiger charge is -2.12. The molecule has 0 aliphatic carbocycles. The smallest absolute Gasteiger partial charge is 0.134 e. The Bertz CT molecular complexity index is 362. The first kappa shape index (κ1) is 11.0. The highest BCUT2D eigenvalue weighted by Crippen LogP contribution is 2.26. The van der Waals surface area contributed by atoms with Gasteiger partial charge in [0, 0.05) is 5.56 Å². The average Bonchev–Trinajstić information content (AvgIpc) is 2.07. The minimum atomic E-state index is -0.113. The normalized spacial score (nSPS) is 10.7. The van der Waals surface area contributed by atoms with Gasteiger partial charge in [-0.1, -0.05) is 32.1 Å². The fraction of sp³-hybridized carbons (Fsp3) is 0.385. The van der Waals surface area contributed by atoms with Crippen LogP contribution in [0.15, 0.2) is 18.7 Å². The zero-order chi connectivity index (χ0) is 10.9. The molecule has 1 rings (SSSR count). The number of aryl methyl sites for hydroxylation is 1. The number of hydrogen-bond acceptors (Lipinski definition) is 0. The fourth-order valence-electron chi connectivity index (χ4n) is 1.53. The van der Waals surface area contributed by atoms with Gasteiger partial charge in [-0.2, -0.15) is 0 Å². The van der Waals surface area contributed by atoms with Crippen LogP contribution in [-0.4, -0.2) is 0 Å². The maximum Gasteiger partial charge on any atom is 0.134 e. The van der Waals surface area contributed by atoms with Crippen molar-refractivity contribution in [1.82, 2.24) is 0 Å². The molecule has 0 N–H and O–H groups in total. The van der Waals surface area contributed by atoms with Crippen molar-refractivity contribution >= 4 is 5.57 Å². The first-order valence-electron chi connectivity index (χ1n) is 4.89. The molecular weight excluding hydrogens is 175 g/mol. The Morgan fingerprint density at radius 1 is 1.36 bits per heavy atom. The van der Waals surface area contributed by atoms with E-state index in [9.17, 15) is 4.39 Å². The Hall–Kier alpha value is -1.11. The lowest BCUT2D eigenvalue weighted by atomic mass is 9.95. The summed E-state index contributed by atoms with van der Waals surface area (Å²) in [6, 6.07) is 3.76. The molecule has 0 saturated carbocycles. The third kappa shape index (κ3) is 2.03. The van der Waals surface area contributed by atoms with Crippen LogP contribution in [-0.2, 0) is 0 Å². The molecule has 0 aliphatic heterocycles. The standard InChI is InChI=1S/C13H17F/c1-8(2)11-6-10(5)7-12(9(3)4)13(11)14/h6-7,9H,1H2,2-5H3. The largest absolute Gasteiger partial charge is 0.206 e. The van der Waals surface area contributed by atoms with Crippen LogP contribution in [0.25, 0.3) is 5.57 Å². The van der Waals surface area contributed by atoms with Gasteiger partial charge in [0.05, 0.1) is 0 Å². The molecule has 0 heterocycles. The van der Waals surface area contributed by atoms with Gasteiger partial charge in [0.25, 0.3) is 0 Å². The Labute approximate surface area is 85.5 Å².